The molecule has 98 valence electrons. The minimum atomic E-state index is -0.265. The van der Waals surface area contributed by atoms with Crippen molar-refractivity contribution in [2.24, 2.45) is 0 Å². The van der Waals surface area contributed by atoms with E-state index >= 15 is 0 Å². The van der Waals surface area contributed by atoms with Crippen LogP contribution in [0.3, 0.4) is 0 Å². The van der Waals surface area contributed by atoms with Gasteiger partial charge in [-0.1, -0.05) is 0 Å². The average Bonchev–Trinajstić information content (AvgIpc) is 2.30. The summed E-state index contributed by atoms with van der Waals surface area (Å²) in [6.45, 7) is 3.47. The maximum Gasteiger partial charge on any atom is 0.307 e. The zero-order valence-electron chi connectivity index (χ0n) is 10.2. The third-order valence-corrected chi connectivity index (χ3v) is 3.52. The van der Waals surface area contributed by atoms with E-state index < -0.39 is 0 Å². The molecule has 1 rings (SSSR count). The van der Waals surface area contributed by atoms with Crippen molar-refractivity contribution in [3.8, 4) is 0 Å². The second-order valence-electron chi connectivity index (χ2n) is 3.84. The summed E-state index contributed by atoms with van der Waals surface area (Å²) in [6, 6.07) is 0.261. The van der Waals surface area contributed by atoms with Crippen molar-refractivity contribution in [2.75, 3.05) is 31.2 Å². The number of ether oxygens (including phenoxy) is 1. The summed E-state index contributed by atoms with van der Waals surface area (Å²) in [7, 11) is 0. The average molecular weight is 260 g/mol. The number of carbonyl (C=O) groups is 2. The SMILES string of the molecule is CCOC(=O)CCNC(=O)CC1CSCCN1. The molecule has 17 heavy (non-hydrogen) atoms. The molecule has 1 fully saturated rings. The molecule has 2 N–H and O–H groups in total. The molecule has 0 aromatic rings. The summed E-state index contributed by atoms with van der Waals surface area (Å²) in [5, 5.41) is 6.03. The molecule has 0 radical (unpaired) electrons. The largest absolute Gasteiger partial charge is 0.466 e. The van der Waals surface area contributed by atoms with Crippen molar-refractivity contribution >= 4 is 23.6 Å². The molecule has 5 nitrogen and oxygen atoms in total. The summed E-state index contributed by atoms with van der Waals surface area (Å²) in [5.74, 6) is 1.82. The molecule has 0 bridgehead atoms. The number of nitrogens with one attached hydrogen (secondary N) is 2. The van der Waals surface area contributed by atoms with E-state index in [0.29, 0.717) is 19.6 Å². The molecule has 1 aliphatic heterocycles. The van der Waals surface area contributed by atoms with Crippen molar-refractivity contribution in [1.29, 1.82) is 0 Å². The predicted octanol–water partition coefficient (Wildman–Crippen LogP) is 0.151. The Bertz CT molecular complexity index is 255. The number of thioether (sulfide) groups is 1. The second kappa shape index (κ2) is 8.36. The smallest absolute Gasteiger partial charge is 0.307 e. The highest BCUT2D eigenvalue weighted by Crippen LogP contribution is 2.09. The minimum Gasteiger partial charge on any atom is -0.466 e. The molecule has 1 saturated heterocycles. The first-order valence-electron chi connectivity index (χ1n) is 5.95. The van der Waals surface area contributed by atoms with Crippen LogP contribution < -0.4 is 10.6 Å². The van der Waals surface area contributed by atoms with Gasteiger partial charge in [0, 0.05) is 37.1 Å². The van der Waals surface area contributed by atoms with Crippen molar-refractivity contribution < 1.29 is 14.3 Å². The zero-order valence-corrected chi connectivity index (χ0v) is 11.0. The highest BCUT2D eigenvalue weighted by molar-refractivity contribution is 7.99. The van der Waals surface area contributed by atoms with Gasteiger partial charge in [0.25, 0.3) is 0 Å². The maximum atomic E-state index is 11.5. The summed E-state index contributed by atoms with van der Waals surface area (Å²) in [5.41, 5.74) is 0. The van der Waals surface area contributed by atoms with Gasteiger partial charge in [-0.2, -0.15) is 11.8 Å². The van der Waals surface area contributed by atoms with E-state index in [0.717, 1.165) is 18.1 Å². The Hall–Kier alpha value is -0.750. The molecule has 1 unspecified atom stereocenters. The fourth-order valence-electron chi connectivity index (χ4n) is 1.58. The first kappa shape index (κ1) is 14.3. The second-order valence-corrected chi connectivity index (χ2v) is 4.98. The van der Waals surface area contributed by atoms with Crippen molar-refractivity contribution in [2.45, 2.75) is 25.8 Å². The lowest BCUT2D eigenvalue weighted by Gasteiger charge is -2.22. The van der Waals surface area contributed by atoms with Gasteiger partial charge in [0.05, 0.1) is 13.0 Å². The lowest BCUT2D eigenvalue weighted by Crippen LogP contribution is -2.41. The van der Waals surface area contributed by atoms with Crippen LogP contribution in [0.25, 0.3) is 0 Å². The Morgan fingerprint density at radius 2 is 2.35 bits per heavy atom. The lowest BCUT2D eigenvalue weighted by atomic mass is 10.2. The Morgan fingerprint density at radius 1 is 1.53 bits per heavy atom. The van der Waals surface area contributed by atoms with Gasteiger partial charge in [0.1, 0.15) is 0 Å². The normalized spacial score (nSPS) is 19.7. The van der Waals surface area contributed by atoms with Crippen LogP contribution in [0.4, 0.5) is 0 Å². The third kappa shape index (κ3) is 6.53. The fraction of sp³-hybridized carbons (Fsp3) is 0.818. The number of hydrogen-bond donors (Lipinski definition) is 2. The van der Waals surface area contributed by atoms with E-state index in [1.807, 2.05) is 11.8 Å². The minimum absolute atomic E-state index is 0.00528. The van der Waals surface area contributed by atoms with Crippen LogP contribution in [0.1, 0.15) is 19.8 Å². The molecule has 1 atom stereocenters. The van der Waals surface area contributed by atoms with Crippen LogP contribution >= 0.6 is 11.8 Å². The number of rotatable bonds is 6. The van der Waals surface area contributed by atoms with Gasteiger partial charge in [-0.25, -0.2) is 0 Å². The molecular formula is C11H20N2O3S. The predicted molar refractivity (Wildman–Crippen MR) is 68.0 cm³/mol. The van der Waals surface area contributed by atoms with Gasteiger partial charge in [-0.05, 0) is 6.92 Å². The van der Waals surface area contributed by atoms with Gasteiger partial charge < -0.3 is 15.4 Å². The van der Waals surface area contributed by atoms with Crippen LogP contribution in [0.2, 0.25) is 0 Å². The van der Waals surface area contributed by atoms with Gasteiger partial charge in [-0.15, -0.1) is 0 Å². The summed E-state index contributed by atoms with van der Waals surface area (Å²) >= 11 is 1.86. The number of amides is 1. The monoisotopic (exact) mass is 260 g/mol. The maximum absolute atomic E-state index is 11.5. The summed E-state index contributed by atoms with van der Waals surface area (Å²) in [4.78, 5) is 22.6. The van der Waals surface area contributed by atoms with E-state index in [1.165, 1.54) is 0 Å². The van der Waals surface area contributed by atoms with Crippen LogP contribution in [0.5, 0.6) is 0 Å². The Balaban J connectivity index is 2.06. The molecule has 1 heterocycles. The third-order valence-electron chi connectivity index (χ3n) is 2.39. The van der Waals surface area contributed by atoms with Gasteiger partial charge in [0.15, 0.2) is 0 Å². The fourth-order valence-corrected chi connectivity index (χ4v) is 2.53. The molecule has 6 heteroatoms. The Labute approximate surface area is 106 Å². The number of esters is 1. The Morgan fingerprint density at radius 3 is 3.00 bits per heavy atom. The summed E-state index contributed by atoms with van der Waals surface area (Å²) < 4.78 is 4.77. The molecule has 0 saturated carbocycles. The quantitative estimate of drug-likeness (QED) is 0.666. The highest BCUT2D eigenvalue weighted by atomic mass is 32.2. The zero-order chi connectivity index (χ0) is 12.5. The molecule has 0 spiro atoms. The Kier molecular flexibility index (Phi) is 7.04. The van der Waals surface area contributed by atoms with E-state index in [1.54, 1.807) is 6.92 Å². The standard InChI is InChI=1S/C11H20N2O3S/c1-2-16-11(15)3-4-13-10(14)7-9-8-17-6-5-12-9/h9,12H,2-8H2,1H3,(H,13,14). The van der Waals surface area contributed by atoms with Crippen LogP contribution in [-0.4, -0.2) is 49.1 Å². The van der Waals surface area contributed by atoms with E-state index in [-0.39, 0.29) is 24.3 Å². The molecule has 0 aromatic carbocycles. The number of hydrogen-bond acceptors (Lipinski definition) is 5. The first-order valence-corrected chi connectivity index (χ1v) is 7.11. The molecule has 1 aliphatic rings. The van der Waals surface area contributed by atoms with Gasteiger partial charge in [0.2, 0.25) is 5.91 Å². The van der Waals surface area contributed by atoms with Crippen molar-refractivity contribution in [3.05, 3.63) is 0 Å². The van der Waals surface area contributed by atoms with E-state index in [4.69, 9.17) is 4.74 Å². The molecule has 0 aromatic heterocycles. The van der Waals surface area contributed by atoms with Crippen LogP contribution in [0, 0.1) is 0 Å². The van der Waals surface area contributed by atoms with E-state index in [2.05, 4.69) is 10.6 Å². The molecular weight excluding hydrogens is 240 g/mol. The van der Waals surface area contributed by atoms with Crippen molar-refractivity contribution in [1.82, 2.24) is 10.6 Å². The highest BCUT2D eigenvalue weighted by Gasteiger charge is 2.16. The van der Waals surface area contributed by atoms with Crippen molar-refractivity contribution in [3.63, 3.8) is 0 Å². The lowest BCUT2D eigenvalue weighted by molar-refractivity contribution is -0.143. The first-order chi connectivity index (χ1) is 8.22. The van der Waals surface area contributed by atoms with Crippen LogP contribution in [-0.2, 0) is 14.3 Å². The molecule has 0 aliphatic carbocycles. The molecule has 1 amide bonds. The van der Waals surface area contributed by atoms with Crippen LogP contribution in [0.15, 0.2) is 0 Å². The topological polar surface area (TPSA) is 67.4 Å². The number of carbonyl (C=O) groups excluding carboxylic acids is 2. The van der Waals surface area contributed by atoms with Gasteiger partial charge in [-0.3, -0.25) is 9.59 Å². The summed E-state index contributed by atoms with van der Waals surface area (Å²) in [6.07, 6.45) is 0.724. The van der Waals surface area contributed by atoms with Gasteiger partial charge >= 0.3 is 5.97 Å². The van der Waals surface area contributed by atoms with E-state index in [9.17, 15) is 9.59 Å².